The van der Waals surface area contributed by atoms with E-state index in [9.17, 15) is 9.59 Å². The highest BCUT2D eigenvalue weighted by molar-refractivity contribution is 5.95. The van der Waals surface area contributed by atoms with E-state index in [2.05, 4.69) is 32.3 Å². The number of ether oxygens (including phenoxy) is 5. The summed E-state index contributed by atoms with van der Waals surface area (Å²) in [5.41, 5.74) is 0.0709. The number of benzene rings is 1. The Morgan fingerprint density at radius 3 is 2.42 bits per heavy atom. The predicted octanol–water partition coefficient (Wildman–Crippen LogP) is 5.44. The molecule has 8 heteroatoms. The van der Waals surface area contributed by atoms with Gasteiger partial charge < -0.3 is 23.7 Å². The summed E-state index contributed by atoms with van der Waals surface area (Å²) in [6.07, 6.45) is 1.21. The fraction of sp³-hybridized carbons (Fsp3) is 0.656. The van der Waals surface area contributed by atoms with Gasteiger partial charge in [-0.3, -0.25) is 4.79 Å². The van der Waals surface area contributed by atoms with E-state index in [1.54, 1.807) is 51.6 Å². The number of aliphatic imine (C=N–C) groups is 1. The van der Waals surface area contributed by atoms with E-state index < -0.39 is 23.6 Å². The van der Waals surface area contributed by atoms with Crippen molar-refractivity contribution in [1.29, 1.82) is 0 Å². The Balaban J connectivity index is 1.84. The summed E-state index contributed by atoms with van der Waals surface area (Å²) in [6, 6.07) is 8.60. The van der Waals surface area contributed by atoms with Crippen LogP contribution in [-0.2, 0) is 28.5 Å². The van der Waals surface area contributed by atoms with Crippen LogP contribution in [0.1, 0.15) is 71.2 Å². The number of hydrogen-bond acceptors (Lipinski definition) is 7. The van der Waals surface area contributed by atoms with Gasteiger partial charge in [0.05, 0.1) is 36.6 Å². The molecular formula is C32H47NO7. The molecule has 2 aliphatic heterocycles. The maximum Gasteiger partial charge on any atom is 0.339 e. The second kappa shape index (κ2) is 13.5. The lowest BCUT2D eigenvalue weighted by Gasteiger charge is -2.47. The van der Waals surface area contributed by atoms with Crippen LogP contribution in [0.2, 0.25) is 0 Å². The van der Waals surface area contributed by atoms with Crippen molar-refractivity contribution in [2.24, 2.45) is 22.2 Å². The van der Waals surface area contributed by atoms with Crippen molar-refractivity contribution >= 4 is 18.1 Å². The third kappa shape index (κ3) is 7.46. The predicted molar refractivity (Wildman–Crippen MR) is 155 cm³/mol. The van der Waals surface area contributed by atoms with E-state index in [0.29, 0.717) is 37.4 Å². The molecule has 0 saturated carbocycles. The highest BCUT2D eigenvalue weighted by Gasteiger charge is 2.49. The normalized spacial score (nSPS) is 32.0. The number of hydrogen-bond donors (Lipinski definition) is 0. The topological polar surface area (TPSA) is 92.7 Å². The van der Waals surface area contributed by atoms with Crippen LogP contribution in [0.3, 0.4) is 0 Å². The van der Waals surface area contributed by atoms with E-state index in [1.165, 1.54) is 0 Å². The van der Waals surface area contributed by atoms with Gasteiger partial charge in [-0.25, -0.2) is 9.79 Å². The second-order valence-electron chi connectivity index (χ2n) is 12.2. The summed E-state index contributed by atoms with van der Waals surface area (Å²) in [6.45, 7) is 17.0. The number of carbonyl (C=O) groups excluding carboxylic acids is 2. The minimum atomic E-state index is -1.25. The Morgan fingerprint density at radius 2 is 1.82 bits per heavy atom. The minimum Gasteiger partial charge on any atom is -0.445 e. The van der Waals surface area contributed by atoms with Crippen molar-refractivity contribution in [3.8, 4) is 0 Å². The molecule has 8 atom stereocenters. The Labute approximate surface area is 239 Å². The molecule has 2 heterocycles. The van der Waals surface area contributed by atoms with Crippen LogP contribution in [0.25, 0.3) is 0 Å². The van der Waals surface area contributed by atoms with E-state index >= 15 is 0 Å². The number of rotatable bonds is 10. The average molecular weight is 558 g/mol. The first-order valence-electron chi connectivity index (χ1n) is 14.2. The molecule has 0 bridgehead atoms. The Hall–Kier alpha value is -2.39. The van der Waals surface area contributed by atoms with Crippen LogP contribution in [0.5, 0.6) is 0 Å². The molecule has 8 nitrogen and oxygen atoms in total. The summed E-state index contributed by atoms with van der Waals surface area (Å²) in [5, 5.41) is 0. The molecule has 1 amide bonds. The lowest BCUT2D eigenvalue weighted by molar-refractivity contribution is -0.176. The van der Waals surface area contributed by atoms with Gasteiger partial charge in [0.15, 0.2) is 0 Å². The number of carbonyl (C=O) groups is 2. The van der Waals surface area contributed by atoms with E-state index in [-0.39, 0.29) is 35.7 Å². The average Bonchev–Trinajstić information content (AvgIpc) is 2.91. The van der Waals surface area contributed by atoms with Gasteiger partial charge in [-0.05, 0) is 43.7 Å². The van der Waals surface area contributed by atoms with Crippen LogP contribution >= 0.6 is 0 Å². The van der Waals surface area contributed by atoms with Crippen molar-refractivity contribution in [2.45, 2.75) is 96.9 Å². The maximum absolute atomic E-state index is 13.7. The summed E-state index contributed by atoms with van der Waals surface area (Å²) < 4.78 is 29.5. The summed E-state index contributed by atoms with van der Waals surface area (Å²) in [5.74, 6) is -0.782. The first kappa shape index (κ1) is 32.1. The van der Waals surface area contributed by atoms with Gasteiger partial charge >= 0.3 is 5.97 Å². The molecule has 2 fully saturated rings. The summed E-state index contributed by atoms with van der Waals surface area (Å²) >= 11 is 0. The number of amides is 1. The Morgan fingerprint density at radius 1 is 1.15 bits per heavy atom. The quantitative estimate of drug-likeness (QED) is 0.215. The van der Waals surface area contributed by atoms with Crippen molar-refractivity contribution in [1.82, 2.24) is 0 Å². The second-order valence-corrected chi connectivity index (χ2v) is 12.2. The minimum absolute atomic E-state index is 0.108. The maximum atomic E-state index is 13.7. The summed E-state index contributed by atoms with van der Waals surface area (Å²) in [7, 11) is 3.32. The van der Waals surface area contributed by atoms with Gasteiger partial charge in [0.25, 0.3) is 5.91 Å². The highest BCUT2D eigenvalue weighted by atomic mass is 16.6. The number of esters is 1. The molecule has 222 valence electrons. The molecule has 2 saturated heterocycles. The van der Waals surface area contributed by atoms with Crippen LogP contribution < -0.4 is 0 Å². The summed E-state index contributed by atoms with van der Waals surface area (Å²) in [4.78, 5) is 31.0. The zero-order valence-electron chi connectivity index (χ0n) is 25.3. The van der Waals surface area contributed by atoms with Crippen LogP contribution in [0, 0.1) is 17.3 Å². The fourth-order valence-corrected chi connectivity index (χ4v) is 5.60. The van der Waals surface area contributed by atoms with Gasteiger partial charge in [0.1, 0.15) is 5.60 Å². The van der Waals surface area contributed by atoms with Crippen molar-refractivity contribution < 1.29 is 33.3 Å². The van der Waals surface area contributed by atoms with Gasteiger partial charge in [-0.2, -0.15) is 0 Å². The van der Waals surface area contributed by atoms with Crippen LogP contribution in [0.15, 0.2) is 47.5 Å². The van der Waals surface area contributed by atoms with E-state index in [4.69, 9.17) is 23.7 Å². The van der Waals surface area contributed by atoms with Crippen molar-refractivity contribution in [2.75, 3.05) is 20.8 Å². The molecule has 3 rings (SSSR count). The number of methoxy groups -OCH3 is 2. The zero-order valence-corrected chi connectivity index (χ0v) is 25.3. The Bertz CT molecular complexity index is 1050. The standard InChI is InChI=1S/C32H47NO7/c1-20-17-32(7,40-23(4)22(20)3)28(39-30(35)24-13-11-10-12-14-24)29(34)33-18-25-15-21(2)31(5,6)27(38-25)16-26(37-9)19-36-8/h10-14,18,21-23,25-28H,1,15-17,19H2,2-9H3/t21-,22-,23-,25+,26+,27-,28-,32-/m1/s1. The van der Waals surface area contributed by atoms with Gasteiger partial charge in [0.2, 0.25) is 6.10 Å². The largest absolute Gasteiger partial charge is 0.445 e. The molecule has 1 aromatic carbocycles. The first-order valence-corrected chi connectivity index (χ1v) is 14.2. The van der Waals surface area contributed by atoms with E-state index in [0.717, 1.165) is 5.57 Å². The van der Waals surface area contributed by atoms with Crippen molar-refractivity contribution in [3.05, 3.63) is 48.0 Å². The lowest BCUT2D eigenvalue weighted by atomic mass is 9.69. The first-order chi connectivity index (χ1) is 18.8. The van der Waals surface area contributed by atoms with E-state index in [1.807, 2.05) is 19.9 Å². The lowest BCUT2D eigenvalue weighted by Crippen LogP contribution is -2.54. The molecule has 0 unspecified atom stereocenters. The third-order valence-electron chi connectivity index (χ3n) is 8.95. The van der Waals surface area contributed by atoms with Gasteiger partial charge in [-0.15, -0.1) is 0 Å². The molecule has 0 spiro atoms. The molecule has 0 aromatic heterocycles. The highest BCUT2D eigenvalue weighted by Crippen LogP contribution is 2.43. The number of nitrogens with zero attached hydrogens (tertiary/aromatic N) is 1. The molecule has 0 radical (unpaired) electrons. The molecule has 0 aliphatic carbocycles. The van der Waals surface area contributed by atoms with Gasteiger partial charge in [-0.1, -0.05) is 58.0 Å². The molecule has 40 heavy (non-hydrogen) atoms. The van der Waals surface area contributed by atoms with Gasteiger partial charge in [0, 0.05) is 39.2 Å². The Kier molecular flexibility index (Phi) is 10.9. The molecule has 0 N–H and O–H groups in total. The van der Waals surface area contributed by atoms with Crippen LogP contribution in [0.4, 0.5) is 0 Å². The monoisotopic (exact) mass is 557 g/mol. The zero-order chi connectivity index (χ0) is 29.7. The van der Waals surface area contributed by atoms with Crippen LogP contribution in [-0.4, -0.2) is 75.0 Å². The smallest absolute Gasteiger partial charge is 0.339 e. The molecule has 1 aromatic rings. The molecular weight excluding hydrogens is 510 g/mol. The molecule has 2 aliphatic rings. The van der Waals surface area contributed by atoms with Crippen molar-refractivity contribution in [3.63, 3.8) is 0 Å². The SMILES string of the molecule is C=C1C[C@](C)([C@H](OC(=O)c2ccccc2)C(=O)N=C[C@@H]2C[C@@H](C)C(C)(C)[C@@H](C[C@@H](COC)OC)O2)O[C@H](C)[C@@H]1C. The fourth-order valence-electron chi connectivity index (χ4n) is 5.60. The third-order valence-corrected chi connectivity index (χ3v) is 8.95.